The van der Waals surface area contributed by atoms with Crippen LogP contribution in [0, 0.1) is 27.4 Å². The Kier molecular flexibility index (Phi) is 6.07. The Hall–Kier alpha value is -3.47. The van der Waals surface area contributed by atoms with E-state index in [4.69, 9.17) is 5.26 Å². The fourth-order valence-corrected chi connectivity index (χ4v) is 3.60. The molecule has 1 fully saturated rings. The van der Waals surface area contributed by atoms with Crippen molar-refractivity contribution in [2.45, 2.75) is 25.8 Å². The number of carbonyl (C=O) groups excluding carboxylic acids is 1. The Morgan fingerprint density at radius 3 is 2.66 bits per heavy atom. The summed E-state index contributed by atoms with van der Waals surface area (Å²) in [6.45, 7) is 3.31. The second kappa shape index (κ2) is 8.69. The summed E-state index contributed by atoms with van der Waals surface area (Å²) in [5.74, 6) is 0.778. The standard InChI is InChI=1S/C21H23N5O3/c1-15(18-4-3-5-19(12-18)26(28)29)24(2)21(27)17-8-10-25(11-9-17)20-7-6-16(13-22)14-23-20/h3-7,12,14-15,17H,8-11H2,1-2H3/t15-/m1/s1. The summed E-state index contributed by atoms with van der Waals surface area (Å²) < 4.78 is 0. The summed E-state index contributed by atoms with van der Waals surface area (Å²) in [4.78, 5) is 31.7. The number of nitro groups is 1. The van der Waals surface area contributed by atoms with E-state index in [0.29, 0.717) is 31.5 Å². The Bertz CT molecular complexity index is 930. The van der Waals surface area contributed by atoms with Crippen LogP contribution in [-0.4, -0.2) is 40.9 Å². The summed E-state index contributed by atoms with van der Waals surface area (Å²) in [5.41, 5.74) is 1.29. The normalized spacial score (nSPS) is 15.4. The maximum absolute atomic E-state index is 13.0. The molecule has 0 aliphatic carbocycles. The minimum absolute atomic E-state index is 0.0263. The summed E-state index contributed by atoms with van der Waals surface area (Å²) in [7, 11) is 1.75. The quantitative estimate of drug-likeness (QED) is 0.570. The lowest BCUT2D eigenvalue weighted by molar-refractivity contribution is -0.384. The molecule has 1 saturated heterocycles. The van der Waals surface area contributed by atoms with Crippen molar-refractivity contribution in [2.75, 3.05) is 25.0 Å². The summed E-state index contributed by atoms with van der Waals surface area (Å²) >= 11 is 0. The smallest absolute Gasteiger partial charge is 0.269 e. The number of hydrogen-bond donors (Lipinski definition) is 0. The van der Waals surface area contributed by atoms with Gasteiger partial charge in [0.2, 0.25) is 5.91 Å². The van der Waals surface area contributed by atoms with Crippen LogP contribution >= 0.6 is 0 Å². The van der Waals surface area contributed by atoms with E-state index in [-0.39, 0.29) is 23.6 Å². The number of aromatic nitrogens is 1. The number of carbonyl (C=O) groups is 1. The number of non-ortho nitro benzene ring substituents is 1. The van der Waals surface area contributed by atoms with Gasteiger partial charge < -0.3 is 9.80 Å². The molecule has 1 aromatic carbocycles. The van der Waals surface area contributed by atoms with E-state index in [2.05, 4.69) is 16.0 Å². The van der Waals surface area contributed by atoms with Crippen LogP contribution in [0.4, 0.5) is 11.5 Å². The highest BCUT2D eigenvalue weighted by atomic mass is 16.6. The fourth-order valence-electron chi connectivity index (χ4n) is 3.60. The Morgan fingerprint density at radius 1 is 1.34 bits per heavy atom. The van der Waals surface area contributed by atoms with Crippen LogP contribution in [0.5, 0.6) is 0 Å². The lowest BCUT2D eigenvalue weighted by atomic mass is 9.94. The van der Waals surface area contributed by atoms with E-state index in [9.17, 15) is 14.9 Å². The van der Waals surface area contributed by atoms with Crippen molar-refractivity contribution in [2.24, 2.45) is 5.92 Å². The monoisotopic (exact) mass is 393 g/mol. The molecule has 8 nitrogen and oxygen atoms in total. The minimum Gasteiger partial charge on any atom is -0.357 e. The molecule has 0 radical (unpaired) electrons. The fraction of sp³-hybridized carbons (Fsp3) is 0.381. The van der Waals surface area contributed by atoms with E-state index in [1.54, 1.807) is 36.3 Å². The van der Waals surface area contributed by atoms with Crippen molar-refractivity contribution in [3.8, 4) is 6.07 Å². The molecule has 3 rings (SSSR count). The molecule has 0 saturated carbocycles. The number of nitro benzene ring substituents is 1. The van der Waals surface area contributed by atoms with Crippen LogP contribution < -0.4 is 4.90 Å². The van der Waals surface area contributed by atoms with Crippen molar-refractivity contribution < 1.29 is 9.72 Å². The number of anilines is 1. The van der Waals surface area contributed by atoms with Crippen molar-refractivity contribution in [3.63, 3.8) is 0 Å². The van der Waals surface area contributed by atoms with Crippen LogP contribution in [0.1, 0.15) is 36.9 Å². The minimum atomic E-state index is -0.426. The maximum Gasteiger partial charge on any atom is 0.269 e. The van der Waals surface area contributed by atoms with Gasteiger partial charge in [-0.2, -0.15) is 5.26 Å². The molecule has 1 aliphatic heterocycles. The molecule has 1 aromatic heterocycles. The van der Waals surface area contributed by atoms with Crippen LogP contribution in [-0.2, 0) is 4.79 Å². The molecule has 29 heavy (non-hydrogen) atoms. The summed E-state index contributed by atoms with van der Waals surface area (Å²) in [5, 5.41) is 19.9. The molecule has 1 atom stereocenters. The molecular formula is C21H23N5O3. The zero-order chi connectivity index (χ0) is 21.0. The van der Waals surface area contributed by atoms with Gasteiger partial charge in [0.25, 0.3) is 5.69 Å². The van der Waals surface area contributed by atoms with Gasteiger partial charge in [-0.05, 0) is 37.5 Å². The first-order valence-electron chi connectivity index (χ1n) is 9.53. The molecule has 1 amide bonds. The molecular weight excluding hydrogens is 370 g/mol. The number of nitriles is 1. The van der Waals surface area contributed by atoms with Crippen LogP contribution in [0.3, 0.4) is 0 Å². The molecule has 0 unspecified atom stereocenters. The lowest BCUT2D eigenvalue weighted by Crippen LogP contribution is -2.42. The van der Waals surface area contributed by atoms with Gasteiger partial charge in [-0.25, -0.2) is 4.98 Å². The van der Waals surface area contributed by atoms with Gasteiger partial charge >= 0.3 is 0 Å². The van der Waals surface area contributed by atoms with Gasteiger partial charge in [-0.1, -0.05) is 12.1 Å². The zero-order valence-corrected chi connectivity index (χ0v) is 16.5. The third-order valence-corrected chi connectivity index (χ3v) is 5.54. The van der Waals surface area contributed by atoms with E-state index >= 15 is 0 Å². The highest BCUT2D eigenvalue weighted by Crippen LogP contribution is 2.28. The van der Waals surface area contributed by atoms with Gasteiger partial charge in [-0.15, -0.1) is 0 Å². The molecule has 0 bridgehead atoms. The van der Waals surface area contributed by atoms with Crippen molar-refractivity contribution in [1.82, 2.24) is 9.88 Å². The van der Waals surface area contributed by atoms with Crippen LogP contribution in [0.15, 0.2) is 42.6 Å². The number of benzene rings is 1. The predicted molar refractivity (Wildman–Crippen MR) is 108 cm³/mol. The van der Waals surface area contributed by atoms with Crippen molar-refractivity contribution in [1.29, 1.82) is 5.26 Å². The van der Waals surface area contributed by atoms with Gasteiger partial charge in [0.15, 0.2) is 0 Å². The number of pyridine rings is 1. The molecule has 0 spiro atoms. The predicted octanol–water partition coefficient (Wildman–Crippen LogP) is 3.30. The average Bonchev–Trinajstić information content (AvgIpc) is 2.77. The van der Waals surface area contributed by atoms with E-state index in [0.717, 1.165) is 11.4 Å². The van der Waals surface area contributed by atoms with Gasteiger partial charge in [0.1, 0.15) is 11.9 Å². The van der Waals surface area contributed by atoms with E-state index in [1.807, 2.05) is 13.0 Å². The highest BCUT2D eigenvalue weighted by molar-refractivity contribution is 5.79. The maximum atomic E-state index is 13.0. The molecule has 1 aliphatic rings. The summed E-state index contributed by atoms with van der Waals surface area (Å²) in [6.07, 6.45) is 2.99. The molecule has 8 heteroatoms. The first kappa shape index (κ1) is 20.3. The van der Waals surface area contributed by atoms with Crippen molar-refractivity contribution >= 4 is 17.4 Å². The molecule has 0 N–H and O–H groups in total. The SMILES string of the molecule is C[C@H](c1cccc([N+](=O)[O-])c1)N(C)C(=O)C1CCN(c2ccc(C#N)cn2)CC1. The number of nitrogens with zero attached hydrogens (tertiary/aromatic N) is 5. The van der Waals surface area contributed by atoms with Gasteiger partial charge in [-0.3, -0.25) is 14.9 Å². The zero-order valence-electron chi connectivity index (χ0n) is 16.5. The van der Waals surface area contributed by atoms with Crippen LogP contribution in [0.2, 0.25) is 0 Å². The van der Waals surface area contributed by atoms with Gasteiger partial charge in [0.05, 0.1) is 16.5 Å². The van der Waals surface area contributed by atoms with Crippen molar-refractivity contribution in [3.05, 3.63) is 63.8 Å². The first-order chi connectivity index (χ1) is 13.9. The number of piperidine rings is 1. The first-order valence-corrected chi connectivity index (χ1v) is 9.53. The number of hydrogen-bond acceptors (Lipinski definition) is 6. The number of amides is 1. The average molecular weight is 393 g/mol. The second-order valence-corrected chi connectivity index (χ2v) is 7.26. The lowest BCUT2D eigenvalue weighted by Gasteiger charge is -2.35. The Balaban J connectivity index is 1.61. The molecule has 2 heterocycles. The Labute approximate surface area is 169 Å². The highest BCUT2D eigenvalue weighted by Gasteiger charge is 2.30. The van der Waals surface area contributed by atoms with E-state index in [1.165, 1.54) is 12.1 Å². The third kappa shape index (κ3) is 4.51. The Morgan fingerprint density at radius 2 is 2.07 bits per heavy atom. The third-order valence-electron chi connectivity index (χ3n) is 5.54. The van der Waals surface area contributed by atoms with E-state index < -0.39 is 4.92 Å². The van der Waals surface area contributed by atoms with Crippen LogP contribution in [0.25, 0.3) is 0 Å². The van der Waals surface area contributed by atoms with Gasteiger partial charge in [0, 0.05) is 44.4 Å². The number of rotatable bonds is 5. The molecule has 2 aromatic rings. The largest absolute Gasteiger partial charge is 0.357 e. The second-order valence-electron chi connectivity index (χ2n) is 7.26. The topological polar surface area (TPSA) is 103 Å². The summed E-state index contributed by atoms with van der Waals surface area (Å²) in [6, 6.07) is 11.8. The molecule has 150 valence electrons.